The average molecular weight is 495 g/mol. The summed E-state index contributed by atoms with van der Waals surface area (Å²) in [7, 11) is 0. The van der Waals surface area contributed by atoms with Crippen molar-refractivity contribution in [2.45, 2.75) is 50.4 Å². The molecule has 37 heavy (non-hydrogen) atoms. The zero-order valence-electron chi connectivity index (χ0n) is 20.7. The smallest absolute Gasteiger partial charge is 0.168 e. The van der Waals surface area contributed by atoms with Gasteiger partial charge in [0.1, 0.15) is 11.5 Å². The fourth-order valence-electron chi connectivity index (χ4n) is 5.43. The Morgan fingerprint density at radius 3 is 2.22 bits per heavy atom. The van der Waals surface area contributed by atoms with Crippen LogP contribution in [-0.2, 0) is 17.6 Å². The second kappa shape index (κ2) is 10.9. The highest BCUT2D eigenvalue weighted by molar-refractivity contribution is 6.24. The van der Waals surface area contributed by atoms with E-state index < -0.39 is 0 Å². The van der Waals surface area contributed by atoms with Gasteiger partial charge in [0, 0.05) is 37.8 Å². The number of hydrogen-bond donors (Lipinski definition) is 1. The first-order valence-electron chi connectivity index (χ1n) is 12.8. The molecule has 1 N–H and O–H groups in total. The van der Waals surface area contributed by atoms with E-state index >= 15 is 0 Å². The zero-order valence-corrected chi connectivity index (χ0v) is 20.7. The molecule has 6 nitrogen and oxygen atoms in total. The van der Waals surface area contributed by atoms with Gasteiger partial charge in [-0.15, -0.1) is 6.58 Å². The summed E-state index contributed by atoms with van der Waals surface area (Å²) in [5.74, 6) is 0.558. The van der Waals surface area contributed by atoms with Crippen molar-refractivity contribution in [1.82, 2.24) is 5.16 Å². The lowest BCUT2D eigenvalue weighted by Gasteiger charge is -2.26. The number of aliphatic hydroxyl groups is 1. The Bertz CT molecular complexity index is 1370. The van der Waals surface area contributed by atoms with Crippen LogP contribution >= 0.6 is 0 Å². The lowest BCUT2D eigenvalue weighted by atomic mass is 9.78. The Balaban J connectivity index is 1.34. The SMILES string of the molecule is C=CCN=C1CC(c2ccccc2)CC(=O)C1=C(O)CCc1noc2c1C(=O)CC(c1ccccc1)C2. The van der Waals surface area contributed by atoms with E-state index in [1.807, 2.05) is 60.7 Å². The highest BCUT2D eigenvalue weighted by Crippen LogP contribution is 2.36. The maximum absolute atomic E-state index is 13.2. The van der Waals surface area contributed by atoms with E-state index in [2.05, 4.69) is 16.7 Å². The second-order valence-corrected chi connectivity index (χ2v) is 9.70. The van der Waals surface area contributed by atoms with Crippen molar-refractivity contribution in [2.24, 2.45) is 4.99 Å². The van der Waals surface area contributed by atoms with Gasteiger partial charge in [0.15, 0.2) is 11.6 Å². The van der Waals surface area contributed by atoms with Crippen molar-refractivity contribution in [1.29, 1.82) is 0 Å². The molecule has 2 aliphatic carbocycles. The number of Topliss-reactive ketones (excluding diaryl/α,β-unsaturated/α-hetero) is 2. The van der Waals surface area contributed by atoms with Gasteiger partial charge in [0.2, 0.25) is 0 Å². The van der Waals surface area contributed by atoms with Gasteiger partial charge in [-0.05, 0) is 29.4 Å². The summed E-state index contributed by atoms with van der Waals surface area (Å²) in [4.78, 5) is 30.8. The first-order chi connectivity index (χ1) is 18.0. The van der Waals surface area contributed by atoms with Gasteiger partial charge in [0.05, 0.1) is 23.4 Å². The largest absolute Gasteiger partial charge is 0.511 e. The van der Waals surface area contributed by atoms with Crippen LogP contribution in [0.1, 0.15) is 70.5 Å². The molecule has 0 amide bonds. The molecule has 0 aliphatic heterocycles. The Labute approximate surface area is 216 Å². The summed E-state index contributed by atoms with van der Waals surface area (Å²) >= 11 is 0. The van der Waals surface area contributed by atoms with Gasteiger partial charge < -0.3 is 9.63 Å². The number of rotatable bonds is 7. The van der Waals surface area contributed by atoms with E-state index in [1.165, 1.54) is 0 Å². The number of hydrogen-bond acceptors (Lipinski definition) is 6. The predicted molar refractivity (Wildman–Crippen MR) is 142 cm³/mol. The predicted octanol–water partition coefficient (Wildman–Crippen LogP) is 6.11. The summed E-state index contributed by atoms with van der Waals surface area (Å²) in [6, 6.07) is 19.9. The van der Waals surface area contributed by atoms with Crippen molar-refractivity contribution in [3.63, 3.8) is 0 Å². The first-order valence-corrected chi connectivity index (χ1v) is 12.8. The van der Waals surface area contributed by atoms with Crippen LogP contribution in [-0.4, -0.2) is 34.1 Å². The maximum atomic E-state index is 13.2. The molecule has 2 aromatic carbocycles. The molecular formula is C31H30N2O4. The molecule has 1 heterocycles. The Morgan fingerprint density at radius 1 is 0.946 bits per heavy atom. The number of allylic oxidation sites excluding steroid dienone is 2. The number of ketones is 2. The number of carbonyl (C=O) groups is 2. The molecule has 188 valence electrons. The Kier molecular flexibility index (Phi) is 7.26. The van der Waals surface area contributed by atoms with E-state index in [1.54, 1.807) is 6.08 Å². The van der Waals surface area contributed by atoms with Gasteiger partial charge in [0.25, 0.3) is 0 Å². The van der Waals surface area contributed by atoms with E-state index in [0.29, 0.717) is 67.0 Å². The Morgan fingerprint density at radius 2 is 1.57 bits per heavy atom. The molecule has 0 radical (unpaired) electrons. The molecular weight excluding hydrogens is 464 g/mol. The first kappa shape index (κ1) is 24.6. The van der Waals surface area contributed by atoms with Crippen LogP contribution in [0.2, 0.25) is 0 Å². The van der Waals surface area contributed by atoms with Crippen LogP contribution < -0.4 is 0 Å². The molecule has 6 heteroatoms. The van der Waals surface area contributed by atoms with Crippen LogP contribution in [0.15, 0.2) is 94.2 Å². The molecule has 2 aliphatic rings. The molecule has 0 saturated heterocycles. The average Bonchev–Trinajstić information content (AvgIpc) is 3.35. The molecule has 2 atom stereocenters. The van der Waals surface area contributed by atoms with Crippen LogP contribution in [0.25, 0.3) is 0 Å². The number of benzene rings is 2. The standard InChI is InChI=1S/C31H30N2O4/c1-2-15-32-25-16-22(20-9-5-3-6-10-20)17-27(35)30(25)26(34)14-13-24-31-28(36)18-23(19-29(31)37-33-24)21-11-7-4-8-12-21/h2-12,22-23,34H,1,13-19H2. The fraction of sp³-hybridized carbons (Fsp3) is 0.290. The second-order valence-electron chi connectivity index (χ2n) is 9.70. The third-order valence-electron chi connectivity index (χ3n) is 7.26. The Hall–Kier alpha value is -4.06. The van der Waals surface area contributed by atoms with Crippen molar-refractivity contribution in [3.05, 3.63) is 113 Å². The quantitative estimate of drug-likeness (QED) is 0.243. The molecule has 5 rings (SSSR count). The highest BCUT2D eigenvalue weighted by Gasteiger charge is 2.34. The van der Waals surface area contributed by atoms with Crippen LogP contribution in [0.5, 0.6) is 0 Å². The summed E-state index contributed by atoms with van der Waals surface area (Å²) in [6.45, 7) is 4.10. The van der Waals surface area contributed by atoms with Gasteiger partial charge >= 0.3 is 0 Å². The molecule has 2 unspecified atom stereocenters. The van der Waals surface area contributed by atoms with E-state index in [-0.39, 0.29) is 35.6 Å². The van der Waals surface area contributed by atoms with E-state index in [4.69, 9.17) is 4.52 Å². The van der Waals surface area contributed by atoms with Crippen LogP contribution in [0, 0.1) is 0 Å². The number of aryl methyl sites for hydroxylation is 1. The summed E-state index contributed by atoms with van der Waals surface area (Å²) in [5, 5.41) is 15.2. The lowest BCUT2D eigenvalue weighted by molar-refractivity contribution is -0.116. The van der Waals surface area contributed by atoms with Gasteiger partial charge in [-0.1, -0.05) is 71.9 Å². The molecule has 1 saturated carbocycles. The minimum atomic E-state index is -0.121. The number of aliphatic imine (C=N–C) groups is 1. The van der Waals surface area contributed by atoms with Gasteiger partial charge in [-0.25, -0.2) is 0 Å². The van der Waals surface area contributed by atoms with Crippen LogP contribution in [0.3, 0.4) is 0 Å². The lowest BCUT2D eigenvalue weighted by Crippen LogP contribution is -2.27. The molecule has 1 aromatic heterocycles. The zero-order chi connectivity index (χ0) is 25.8. The molecule has 3 aromatic rings. The number of fused-ring (bicyclic) bond motifs is 1. The van der Waals surface area contributed by atoms with Crippen LogP contribution in [0.4, 0.5) is 0 Å². The van der Waals surface area contributed by atoms with Crippen molar-refractivity contribution in [3.8, 4) is 0 Å². The molecule has 0 bridgehead atoms. The molecule has 1 fully saturated rings. The van der Waals surface area contributed by atoms with Crippen molar-refractivity contribution >= 4 is 17.3 Å². The fourth-order valence-corrected chi connectivity index (χ4v) is 5.43. The van der Waals surface area contributed by atoms with E-state index in [0.717, 1.165) is 11.1 Å². The maximum Gasteiger partial charge on any atom is 0.168 e. The van der Waals surface area contributed by atoms with Crippen molar-refractivity contribution < 1.29 is 19.2 Å². The van der Waals surface area contributed by atoms with E-state index in [9.17, 15) is 14.7 Å². The number of aliphatic hydroxyl groups excluding tert-OH is 1. The summed E-state index contributed by atoms with van der Waals surface area (Å²) < 4.78 is 5.58. The van der Waals surface area contributed by atoms with Crippen molar-refractivity contribution in [2.75, 3.05) is 6.54 Å². The number of nitrogens with zero attached hydrogens (tertiary/aromatic N) is 2. The number of carbonyl (C=O) groups excluding carboxylic acids is 2. The highest BCUT2D eigenvalue weighted by atomic mass is 16.5. The summed E-state index contributed by atoms with van der Waals surface area (Å²) in [5.41, 5.74) is 4.16. The monoisotopic (exact) mass is 494 g/mol. The molecule has 0 spiro atoms. The third kappa shape index (κ3) is 5.24. The minimum Gasteiger partial charge on any atom is -0.511 e. The number of aromatic nitrogens is 1. The minimum absolute atomic E-state index is 0.00572. The van der Waals surface area contributed by atoms with Gasteiger partial charge in [-0.2, -0.15) is 0 Å². The normalized spacial score (nSPS) is 22.1. The topological polar surface area (TPSA) is 92.8 Å². The van der Waals surface area contributed by atoms with Gasteiger partial charge in [-0.3, -0.25) is 14.6 Å². The summed E-state index contributed by atoms with van der Waals surface area (Å²) in [6.07, 6.45) is 4.06. The third-order valence-corrected chi connectivity index (χ3v) is 7.26.